The van der Waals surface area contributed by atoms with Gasteiger partial charge in [-0.25, -0.2) is 0 Å². The predicted octanol–water partition coefficient (Wildman–Crippen LogP) is 1.21. The zero-order chi connectivity index (χ0) is 7.97. The summed E-state index contributed by atoms with van der Waals surface area (Å²) in [5, 5.41) is 2.67. The molecule has 2 aromatic rings. The van der Waals surface area contributed by atoms with Gasteiger partial charge in [-0.05, 0) is 11.5 Å². The summed E-state index contributed by atoms with van der Waals surface area (Å²) in [5.74, 6) is 1.09. The third-order valence-electron chi connectivity index (χ3n) is 2.34. The minimum atomic E-state index is -0.457. The Bertz CT molecular complexity index is 412. The van der Waals surface area contributed by atoms with Crippen LogP contribution in [0, 0.1) is 0 Å². The van der Waals surface area contributed by atoms with E-state index in [2.05, 4.69) is 36.4 Å². The molecular weight excluding hydrogens is 163 g/mol. The fourth-order valence-electron chi connectivity index (χ4n) is 1.78. The summed E-state index contributed by atoms with van der Waals surface area (Å²) in [6.45, 7) is 0. The normalized spacial score (nSPS) is 12.7. The summed E-state index contributed by atoms with van der Waals surface area (Å²) < 4.78 is 7.10. The Balaban J connectivity index is 2.58. The molecule has 0 spiro atoms. The Morgan fingerprint density at radius 1 is 1.00 bits per heavy atom. The molecule has 56 valence electrons. The molecule has 3 rings (SSSR count). The van der Waals surface area contributed by atoms with Crippen LogP contribution in [-0.2, 0) is 0 Å². The molecule has 0 saturated carbocycles. The highest BCUT2D eigenvalue weighted by molar-refractivity contribution is 6.55. The second-order valence-electron chi connectivity index (χ2n) is 3.06. The van der Waals surface area contributed by atoms with E-state index in [9.17, 15) is 0 Å². The third kappa shape index (κ3) is 0.742. The molecule has 2 aromatic carbocycles. The van der Waals surface area contributed by atoms with Gasteiger partial charge in [0.15, 0.2) is 0 Å². The number of benzene rings is 2. The van der Waals surface area contributed by atoms with Gasteiger partial charge in [-0.2, -0.15) is 0 Å². The Labute approximate surface area is 77.0 Å². The topological polar surface area (TPSA) is 9.23 Å². The summed E-state index contributed by atoms with van der Waals surface area (Å²) in [6, 6.07) is 12.7. The predicted molar refractivity (Wildman–Crippen MR) is 51.4 cm³/mol. The van der Waals surface area contributed by atoms with Crippen molar-refractivity contribution in [1.29, 1.82) is 0 Å². The van der Waals surface area contributed by atoms with Crippen LogP contribution in [0.4, 0.5) is 0 Å². The summed E-state index contributed by atoms with van der Waals surface area (Å²) in [4.78, 5) is 0. The first-order valence-corrected chi connectivity index (χ1v) is 5.37. The lowest BCUT2D eigenvalue weighted by Crippen LogP contribution is -2.12. The van der Waals surface area contributed by atoms with Gasteiger partial charge in [0.25, 0.3) is 0 Å². The van der Waals surface area contributed by atoms with Crippen LogP contribution in [0.5, 0.6) is 5.75 Å². The van der Waals surface area contributed by atoms with Crippen LogP contribution in [-0.4, -0.2) is 15.6 Å². The maximum atomic E-state index is 5.65. The van der Waals surface area contributed by atoms with Crippen LogP contribution in [0.25, 0.3) is 10.8 Å². The van der Waals surface area contributed by atoms with Gasteiger partial charge < -0.3 is 3.79 Å². The van der Waals surface area contributed by atoms with Gasteiger partial charge >= 0.3 is 15.6 Å². The van der Waals surface area contributed by atoms with Crippen LogP contribution in [0.2, 0.25) is 0 Å². The van der Waals surface area contributed by atoms with Gasteiger partial charge in [0.1, 0.15) is 0 Å². The van der Waals surface area contributed by atoms with E-state index in [1.807, 2.05) is 0 Å². The average molecular weight is 170 g/mol. The van der Waals surface area contributed by atoms with Gasteiger partial charge in [0.05, 0.1) is 5.75 Å². The molecule has 12 heavy (non-hydrogen) atoms. The van der Waals surface area contributed by atoms with Gasteiger partial charge in [-0.15, -0.1) is 0 Å². The lowest BCUT2D eigenvalue weighted by Gasteiger charge is -2.00. The molecule has 0 aliphatic carbocycles. The van der Waals surface area contributed by atoms with Crippen molar-refractivity contribution in [2.45, 2.75) is 0 Å². The van der Waals surface area contributed by atoms with Gasteiger partial charge in [-0.3, -0.25) is 0 Å². The molecule has 0 aromatic heterocycles. The molecule has 2 heteroatoms. The summed E-state index contributed by atoms with van der Waals surface area (Å²) in [6.07, 6.45) is 0. The summed E-state index contributed by atoms with van der Waals surface area (Å²) >= 11 is -0.457. The first-order chi connectivity index (χ1) is 5.95. The first kappa shape index (κ1) is 6.54. The van der Waals surface area contributed by atoms with E-state index in [1.165, 1.54) is 15.2 Å². The molecule has 1 nitrogen and oxygen atoms in total. The van der Waals surface area contributed by atoms with Gasteiger partial charge in [0, 0.05) is 5.39 Å². The monoisotopic (exact) mass is 170 g/mol. The fraction of sp³-hybridized carbons (Fsp3) is 0. The van der Waals surface area contributed by atoms with Crippen molar-refractivity contribution in [3.8, 4) is 5.75 Å². The van der Waals surface area contributed by atoms with Crippen LogP contribution < -0.4 is 8.21 Å². The standard InChI is InChI=1S/C10H7O.Al.H/c11-10-7-3-5-8-4-1-2-6-9(8)10;;/h1-5,7,11H;;/q;+1;/p-1. The van der Waals surface area contributed by atoms with Crippen molar-refractivity contribution >= 4 is 30.8 Å². The Morgan fingerprint density at radius 3 is 2.75 bits per heavy atom. The number of rotatable bonds is 0. The lowest BCUT2D eigenvalue weighted by molar-refractivity contribution is 0.621. The molecule has 0 saturated heterocycles. The third-order valence-corrected chi connectivity index (χ3v) is 3.69. The highest BCUT2D eigenvalue weighted by Crippen LogP contribution is 2.26. The molecule has 0 fully saturated rings. The van der Waals surface area contributed by atoms with E-state index in [0.717, 1.165) is 5.75 Å². The van der Waals surface area contributed by atoms with Crippen LogP contribution in [0.1, 0.15) is 0 Å². The van der Waals surface area contributed by atoms with E-state index in [-0.39, 0.29) is 0 Å². The molecule has 0 unspecified atom stereocenters. The molecule has 0 N–H and O–H groups in total. The van der Waals surface area contributed by atoms with Crippen molar-refractivity contribution in [2.75, 3.05) is 0 Å². The Hall–Kier alpha value is -0.968. The van der Waals surface area contributed by atoms with Crippen molar-refractivity contribution in [1.82, 2.24) is 0 Å². The van der Waals surface area contributed by atoms with E-state index in [0.29, 0.717) is 0 Å². The lowest BCUT2D eigenvalue weighted by atomic mass is 10.1. The van der Waals surface area contributed by atoms with Crippen LogP contribution in [0.15, 0.2) is 36.4 Å². The van der Waals surface area contributed by atoms with E-state index >= 15 is 0 Å². The smallest absolute Gasteiger partial charge is 0.565 e. The first-order valence-electron chi connectivity index (χ1n) is 4.08. The fourth-order valence-corrected chi connectivity index (χ4v) is 3.08. The second-order valence-corrected chi connectivity index (χ2v) is 4.40. The minimum Gasteiger partial charge on any atom is -0.641 e. The number of hydrogen-bond donors (Lipinski definition) is 0. The van der Waals surface area contributed by atoms with Crippen molar-refractivity contribution < 1.29 is 3.79 Å². The molecule has 0 radical (unpaired) electrons. The second kappa shape index (κ2) is 2.26. The van der Waals surface area contributed by atoms with Crippen LogP contribution >= 0.6 is 0 Å². The maximum Gasteiger partial charge on any atom is 0.565 e. The van der Waals surface area contributed by atoms with Crippen LogP contribution in [0.3, 0.4) is 0 Å². The SMILES string of the molecule is c1cc2c3[c](cccc3c1)[AlH][O]2. The highest BCUT2D eigenvalue weighted by atomic mass is 27.1. The van der Waals surface area contributed by atoms with Crippen molar-refractivity contribution in [2.24, 2.45) is 0 Å². The molecule has 0 atom stereocenters. The molecule has 1 aliphatic rings. The summed E-state index contributed by atoms with van der Waals surface area (Å²) in [7, 11) is 0. The zero-order valence-corrected chi connectivity index (χ0v) is 7.99. The summed E-state index contributed by atoms with van der Waals surface area (Å²) in [5.41, 5.74) is 0. The number of hydrogen-bond acceptors (Lipinski definition) is 1. The molecule has 1 aliphatic heterocycles. The highest BCUT2D eigenvalue weighted by Gasteiger charge is 2.16. The van der Waals surface area contributed by atoms with Gasteiger partial charge in [0.2, 0.25) is 0 Å². The Morgan fingerprint density at radius 2 is 1.83 bits per heavy atom. The molecule has 1 heterocycles. The van der Waals surface area contributed by atoms with Gasteiger partial charge in [-0.1, -0.05) is 34.8 Å². The molecule has 0 amide bonds. The minimum absolute atomic E-state index is 0.457. The zero-order valence-electron chi connectivity index (χ0n) is 6.58. The maximum absolute atomic E-state index is 5.65. The average Bonchev–Trinajstić information content (AvgIpc) is 2.52. The molecule has 0 bridgehead atoms. The van der Waals surface area contributed by atoms with E-state index in [4.69, 9.17) is 3.79 Å². The quantitative estimate of drug-likeness (QED) is 0.540. The van der Waals surface area contributed by atoms with E-state index in [1.54, 1.807) is 0 Å². The van der Waals surface area contributed by atoms with Crippen molar-refractivity contribution in [3.05, 3.63) is 36.4 Å². The molecular formula is C10H7AlO. The van der Waals surface area contributed by atoms with Crippen molar-refractivity contribution in [3.63, 3.8) is 0 Å². The Kier molecular flexibility index (Phi) is 1.23. The van der Waals surface area contributed by atoms with E-state index < -0.39 is 15.6 Å². The largest absolute Gasteiger partial charge is 0.641 e.